The third-order valence-electron chi connectivity index (χ3n) is 4.78. The fraction of sp³-hybridized carbons (Fsp3) is 0. The maximum Gasteiger partial charge on any atom is 0.236 e. The molecule has 1 nitrogen and oxygen atoms in total. The minimum absolute atomic E-state index is 1.14. The summed E-state index contributed by atoms with van der Waals surface area (Å²) in [4.78, 5) is 3.97. The summed E-state index contributed by atoms with van der Waals surface area (Å²) in [6, 6.07) is 41.8. The molecule has 0 heterocycles. The highest BCUT2D eigenvalue weighted by atomic mass is 32.7. The van der Waals surface area contributed by atoms with Gasteiger partial charge < -0.3 is 12.2 Å². The molecule has 4 rings (SSSR count). The first-order valence-electron chi connectivity index (χ1n) is 9.37. The Morgan fingerprint density at radius 3 is 1.07 bits per heavy atom. The molecule has 4 aromatic carbocycles. The van der Waals surface area contributed by atoms with Crippen molar-refractivity contribution in [2.24, 2.45) is 0 Å². The maximum absolute atomic E-state index is 6.46. The van der Waals surface area contributed by atoms with Crippen molar-refractivity contribution in [1.82, 2.24) is 4.86 Å². The zero-order chi connectivity index (χ0) is 20.2. The Hall–Kier alpha value is -1.60. The minimum Gasteiger partial charge on any atom is -0.523 e. The van der Waals surface area contributed by atoms with E-state index in [1.54, 1.807) is 0 Å². The smallest absolute Gasteiger partial charge is 0.236 e. The lowest BCUT2D eigenvalue weighted by Gasteiger charge is -2.35. The van der Waals surface area contributed by atoms with Crippen LogP contribution in [0, 0.1) is 0 Å². The van der Waals surface area contributed by atoms with Crippen LogP contribution in [-0.2, 0) is 12.2 Å². The molecule has 144 valence electrons. The molecule has 0 aromatic heterocycles. The Labute approximate surface area is 184 Å². The van der Waals surface area contributed by atoms with Gasteiger partial charge in [0, 0.05) is 12.2 Å². The first kappa shape index (κ1) is 20.7. The highest BCUT2D eigenvalue weighted by Gasteiger charge is 2.49. The summed E-state index contributed by atoms with van der Waals surface area (Å²) >= 11 is 11.8. The molecule has 29 heavy (non-hydrogen) atoms. The average molecular weight is 451 g/mol. The minimum atomic E-state index is -2.32. The first-order chi connectivity index (χ1) is 14.1. The number of nitrogens with one attached hydrogen (secondary N) is 1. The second-order valence-corrected chi connectivity index (χ2v) is 15.5. The molecule has 1 N–H and O–H groups in total. The van der Waals surface area contributed by atoms with Crippen LogP contribution in [0.15, 0.2) is 121 Å². The van der Waals surface area contributed by atoms with Gasteiger partial charge in [0.2, 0.25) is 6.62 Å². The van der Waals surface area contributed by atoms with Crippen LogP contribution >= 0.6 is 25.5 Å². The highest BCUT2D eigenvalue weighted by molar-refractivity contribution is 8.61. The van der Waals surface area contributed by atoms with Crippen molar-refractivity contribution in [3.05, 3.63) is 121 Å². The van der Waals surface area contributed by atoms with Crippen molar-refractivity contribution in [3.8, 4) is 0 Å². The molecule has 0 saturated carbocycles. The van der Waals surface area contributed by atoms with E-state index in [1.165, 1.54) is 10.6 Å². The largest absolute Gasteiger partial charge is 0.523 e. The van der Waals surface area contributed by atoms with Gasteiger partial charge in [0.1, 0.15) is 10.6 Å². The standard InChI is InChI=1S/C24H22NP2S2/c28-26(21-13-5-1-6-14-21,22-15-7-2-8-16-22)25-27(29,23-17-9-3-10-18-23)24-19-11-4-12-20-24/h1-20,28H,(H,25,29)/q+1. The van der Waals surface area contributed by atoms with Crippen molar-refractivity contribution >= 4 is 58.9 Å². The summed E-state index contributed by atoms with van der Waals surface area (Å²) in [7, 11) is 0. The van der Waals surface area contributed by atoms with Gasteiger partial charge in [-0.3, -0.25) is 0 Å². The van der Waals surface area contributed by atoms with Crippen LogP contribution in [0.5, 0.6) is 0 Å². The van der Waals surface area contributed by atoms with Gasteiger partial charge in [-0.05, 0) is 48.5 Å². The lowest BCUT2D eigenvalue weighted by molar-refractivity contribution is 1.60. The number of thiol groups is 1. The first-order valence-corrected chi connectivity index (χ1v) is 15.1. The van der Waals surface area contributed by atoms with Crippen molar-refractivity contribution in [3.63, 3.8) is 0 Å². The van der Waals surface area contributed by atoms with Crippen LogP contribution in [0.4, 0.5) is 0 Å². The van der Waals surface area contributed by atoms with Gasteiger partial charge in [0.15, 0.2) is 0 Å². The van der Waals surface area contributed by atoms with E-state index in [9.17, 15) is 0 Å². The molecule has 0 fully saturated rings. The molecule has 0 bridgehead atoms. The molecule has 0 aliphatic heterocycles. The summed E-state index contributed by atoms with van der Waals surface area (Å²) in [6.07, 6.45) is 0. The van der Waals surface area contributed by atoms with E-state index in [0.29, 0.717) is 0 Å². The fourth-order valence-corrected chi connectivity index (χ4v) is 14.1. The molecule has 0 saturated heterocycles. The molecule has 0 atom stereocenters. The normalized spacial score (nSPS) is 11.9. The molecule has 0 unspecified atom stereocenters. The average Bonchev–Trinajstić information content (AvgIpc) is 2.81. The van der Waals surface area contributed by atoms with Gasteiger partial charge in [0.05, 0.1) is 17.2 Å². The van der Waals surface area contributed by atoms with E-state index in [2.05, 4.69) is 102 Å². The van der Waals surface area contributed by atoms with Gasteiger partial charge in [-0.25, -0.2) is 0 Å². The zero-order valence-electron chi connectivity index (χ0n) is 15.8. The van der Waals surface area contributed by atoms with Crippen LogP contribution in [-0.4, -0.2) is 0 Å². The monoisotopic (exact) mass is 450 g/mol. The Morgan fingerprint density at radius 2 is 0.759 bits per heavy atom. The van der Waals surface area contributed by atoms with Crippen molar-refractivity contribution in [1.29, 1.82) is 0 Å². The van der Waals surface area contributed by atoms with Crippen molar-refractivity contribution in [2.75, 3.05) is 0 Å². The number of hydrogen-bond donors (Lipinski definition) is 2. The van der Waals surface area contributed by atoms with E-state index in [4.69, 9.17) is 24.5 Å². The van der Waals surface area contributed by atoms with Crippen LogP contribution in [0.3, 0.4) is 0 Å². The molecule has 0 aliphatic carbocycles. The van der Waals surface area contributed by atoms with E-state index < -0.39 is 13.2 Å². The molecule has 0 amide bonds. The van der Waals surface area contributed by atoms with E-state index >= 15 is 0 Å². The molecule has 4 aromatic rings. The lowest BCUT2D eigenvalue weighted by atomic mass is 10.4. The van der Waals surface area contributed by atoms with Gasteiger partial charge >= 0.3 is 0 Å². The summed E-state index contributed by atoms with van der Waals surface area (Å²) in [6.45, 7) is -4.56. The molecular weight excluding hydrogens is 428 g/mol. The van der Waals surface area contributed by atoms with Crippen molar-refractivity contribution in [2.45, 2.75) is 0 Å². The Kier molecular flexibility index (Phi) is 6.44. The SMILES string of the molecule is [S-][P+](N[P+](S)(c1ccccc1)c1ccccc1)(c1ccccc1)c1ccccc1. The number of benzene rings is 4. The van der Waals surface area contributed by atoms with E-state index in [1.807, 2.05) is 24.3 Å². The van der Waals surface area contributed by atoms with Crippen molar-refractivity contribution < 1.29 is 0 Å². The second-order valence-electron chi connectivity index (χ2n) is 6.69. The van der Waals surface area contributed by atoms with Gasteiger partial charge in [-0.2, -0.15) is 0 Å². The summed E-state index contributed by atoms with van der Waals surface area (Å²) in [5.41, 5.74) is 0. The van der Waals surface area contributed by atoms with Gasteiger partial charge in [-0.1, -0.05) is 77.7 Å². The van der Waals surface area contributed by atoms with Crippen LogP contribution in [0.1, 0.15) is 0 Å². The van der Waals surface area contributed by atoms with Crippen LogP contribution in [0.2, 0.25) is 0 Å². The quantitative estimate of drug-likeness (QED) is 0.242. The number of rotatable bonds is 6. The number of hydrogen-bond acceptors (Lipinski definition) is 3. The molecule has 0 spiro atoms. The van der Waals surface area contributed by atoms with Crippen LogP contribution < -0.4 is 26.1 Å². The second kappa shape index (κ2) is 9.04. The predicted molar refractivity (Wildman–Crippen MR) is 138 cm³/mol. The Bertz CT molecular complexity index is 879. The Balaban J connectivity index is 1.91. The summed E-state index contributed by atoms with van der Waals surface area (Å²) < 4.78 is 0. The third kappa shape index (κ3) is 4.31. The fourth-order valence-electron chi connectivity index (χ4n) is 3.30. The Morgan fingerprint density at radius 1 is 0.483 bits per heavy atom. The lowest BCUT2D eigenvalue weighted by Crippen LogP contribution is -2.37. The maximum atomic E-state index is 6.46. The topological polar surface area (TPSA) is 12.0 Å². The van der Waals surface area contributed by atoms with E-state index in [0.717, 1.165) is 10.6 Å². The summed E-state index contributed by atoms with van der Waals surface area (Å²) in [5, 5.41) is 4.64. The third-order valence-corrected chi connectivity index (χ3v) is 15.4. The van der Waals surface area contributed by atoms with E-state index in [-0.39, 0.29) is 0 Å². The molecule has 5 heteroatoms. The van der Waals surface area contributed by atoms with Gasteiger partial charge in [-0.15, -0.1) is 0 Å². The van der Waals surface area contributed by atoms with Crippen LogP contribution in [0.25, 0.3) is 0 Å². The van der Waals surface area contributed by atoms with Gasteiger partial charge in [0.25, 0.3) is 0 Å². The summed E-state index contributed by atoms with van der Waals surface area (Å²) in [5.74, 6) is 0. The highest BCUT2D eigenvalue weighted by Crippen LogP contribution is 2.68. The molecular formula is C24H22NP2S2+. The molecule has 0 radical (unpaired) electrons. The predicted octanol–water partition coefficient (Wildman–Crippen LogP) is 5.05. The zero-order valence-corrected chi connectivity index (χ0v) is 19.3. The molecule has 0 aliphatic rings.